The largest absolute Gasteiger partial charge is 0.467 e. The number of piperidine rings is 1. The van der Waals surface area contributed by atoms with Gasteiger partial charge in [-0.25, -0.2) is 4.79 Å². The van der Waals surface area contributed by atoms with Crippen LogP contribution >= 0.6 is 0 Å². The molecule has 1 fully saturated rings. The number of hydrogen-bond acceptors (Lipinski definition) is 5. The van der Waals surface area contributed by atoms with Crippen LogP contribution in [-0.4, -0.2) is 52.1 Å². The van der Waals surface area contributed by atoms with Crippen LogP contribution in [0.4, 0.5) is 0 Å². The topological polar surface area (TPSA) is 56.8 Å². The second-order valence-electron chi connectivity index (χ2n) is 3.26. The van der Waals surface area contributed by atoms with E-state index in [-0.39, 0.29) is 12.1 Å². The molecule has 1 heterocycles. The molecule has 1 aliphatic rings. The average molecular weight is 203 g/mol. The van der Waals surface area contributed by atoms with Crippen molar-refractivity contribution in [3.63, 3.8) is 0 Å². The van der Waals surface area contributed by atoms with E-state index in [2.05, 4.69) is 5.32 Å². The van der Waals surface area contributed by atoms with Crippen LogP contribution < -0.4 is 5.32 Å². The fourth-order valence-electron chi connectivity index (χ4n) is 1.83. The molecule has 0 aromatic carbocycles. The molecule has 0 aromatic rings. The smallest absolute Gasteiger partial charge is 0.340 e. The molecule has 0 amide bonds. The fourth-order valence-corrected chi connectivity index (χ4v) is 1.83. The summed E-state index contributed by atoms with van der Waals surface area (Å²) >= 11 is 0. The molecule has 0 spiro atoms. The van der Waals surface area contributed by atoms with Crippen molar-refractivity contribution in [2.45, 2.75) is 18.1 Å². The van der Waals surface area contributed by atoms with Crippen molar-refractivity contribution in [1.29, 1.82) is 0 Å². The van der Waals surface area contributed by atoms with E-state index in [9.17, 15) is 4.79 Å². The van der Waals surface area contributed by atoms with Gasteiger partial charge in [-0.05, 0) is 6.54 Å². The third-order valence-electron chi connectivity index (χ3n) is 2.70. The van der Waals surface area contributed by atoms with Crippen LogP contribution in [0.2, 0.25) is 0 Å². The van der Waals surface area contributed by atoms with Crippen molar-refractivity contribution >= 4 is 5.97 Å². The number of rotatable bonds is 3. The van der Waals surface area contributed by atoms with Crippen molar-refractivity contribution in [2.24, 2.45) is 0 Å². The zero-order valence-corrected chi connectivity index (χ0v) is 8.83. The Hall–Kier alpha value is -0.650. The van der Waals surface area contributed by atoms with Gasteiger partial charge in [0.1, 0.15) is 6.10 Å². The van der Waals surface area contributed by atoms with E-state index in [1.807, 2.05) is 0 Å². The molecule has 0 aromatic heterocycles. The molecular formula is C9H17NO4. The second-order valence-corrected chi connectivity index (χ2v) is 3.26. The van der Waals surface area contributed by atoms with Crippen LogP contribution in [0.5, 0.6) is 0 Å². The van der Waals surface area contributed by atoms with Gasteiger partial charge >= 0.3 is 5.97 Å². The van der Waals surface area contributed by atoms with Crippen LogP contribution in [0.25, 0.3) is 0 Å². The summed E-state index contributed by atoms with van der Waals surface area (Å²) in [4.78, 5) is 11.6. The van der Waals surface area contributed by atoms with Crippen molar-refractivity contribution in [2.75, 3.05) is 34.4 Å². The van der Waals surface area contributed by atoms with Crippen molar-refractivity contribution < 1.29 is 19.0 Å². The predicted molar refractivity (Wildman–Crippen MR) is 50.0 cm³/mol. The molecule has 2 atom stereocenters. The highest BCUT2D eigenvalue weighted by Crippen LogP contribution is 2.26. The molecule has 1 N–H and O–H groups in total. The number of esters is 1. The van der Waals surface area contributed by atoms with Gasteiger partial charge in [0, 0.05) is 27.2 Å². The average Bonchev–Trinajstić information content (AvgIpc) is 2.27. The first-order valence-electron chi connectivity index (χ1n) is 4.58. The number of carbonyl (C=O) groups excluding carboxylic acids is 1. The van der Waals surface area contributed by atoms with Gasteiger partial charge in [-0.2, -0.15) is 0 Å². The Labute approximate surface area is 83.7 Å². The number of nitrogens with one attached hydrogen (secondary N) is 1. The minimum absolute atomic E-state index is 0.298. The lowest BCUT2D eigenvalue weighted by Crippen LogP contribution is -2.60. The summed E-state index contributed by atoms with van der Waals surface area (Å²) in [5.74, 6) is -0.367. The maximum atomic E-state index is 11.6. The summed E-state index contributed by atoms with van der Waals surface area (Å²) in [5, 5.41) is 3.14. The number of carbonyl (C=O) groups is 1. The standard InChI is InChI=1S/C9H17NO4/c1-12-7-6-10-5-4-9(7,14-3)8(11)13-2/h7,10H,4-6H2,1-3H3/t7-,9+/m1/s1. The molecule has 1 aliphatic heterocycles. The predicted octanol–water partition coefficient (Wildman–Crippen LogP) is -0.447. The minimum atomic E-state index is -0.950. The summed E-state index contributed by atoms with van der Waals surface area (Å²) in [6.07, 6.45) is 0.267. The van der Waals surface area contributed by atoms with Crippen LogP contribution in [0.3, 0.4) is 0 Å². The molecule has 1 rings (SSSR count). The fraction of sp³-hybridized carbons (Fsp3) is 0.889. The van der Waals surface area contributed by atoms with Crippen LogP contribution in [-0.2, 0) is 19.0 Å². The first-order chi connectivity index (χ1) is 6.71. The molecule has 5 heteroatoms. The Morgan fingerprint density at radius 1 is 1.43 bits per heavy atom. The second kappa shape index (κ2) is 4.72. The van der Waals surface area contributed by atoms with Gasteiger partial charge in [0.15, 0.2) is 5.60 Å². The Balaban J connectivity index is 2.86. The summed E-state index contributed by atoms with van der Waals surface area (Å²) in [6.45, 7) is 1.32. The van der Waals surface area contributed by atoms with E-state index in [4.69, 9.17) is 14.2 Å². The number of methoxy groups -OCH3 is 3. The molecular weight excluding hydrogens is 186 g/mol. The zero-order valence-electron chi connectivity index (χ0n) is 8.83. The molecule has 14 heavy (non-hydrogen) atoms. The molecule has 1 saturated heterocycles. The molecule has 0 unspecified atom stereocenters. The van der Waals surface area contributed by atoms with E-state index in [0.717, 1.165) is 6.54 Å². The van der Waals surface area contributed by atoms with Crippen molar-refractivity contribution in [3.05, 3.63) is 0 Å². The van der Waals surface area contributed by atoms with E-state index < -0.39 is 5.60 Å². The normalized spacial score (nSPS) is 32.6. The maximum Gasteiger partial charge on any atom is 0.340 e. The Kier molecular flexibility index (Phi) is 3.86. The Morgan fingerprint density at radius 3 is 2.64 bits per heavy atom. The minimum Gasteiger partial charge on any atom is -0.467 e. The summed E-state index contributed by atoms with van der Waals surface area (Å²) < 4.78 is 15.3. The van der Waals surface area contributed by atoms with E-state index >= 15 is 0 Å². The van der Waals surface area contributed by atoms with Crippen LogP contribution in [0.1, 0.15) is 6.42 Å². The molecule has 0 saturated carbocycles. The summed E-state index contributed by atoms with van der Waals surface area (Å²) in [5.41, 5.74) is -0.950. The van der Waals surface area contributed by atoms with E-state index in [1.165, 1.54) is 14.2 Å². The lowest BCUT2D eigenvalue weighted by molar-refractivity contribution is -0.188. The Bertz CT molecular complexity index is 209. The van der Waals surface area contributed by atoms with Gasteiger partial charge in [0.05, 0.1) is 7.11 Å². The highest BCUT2D eigenvalue weighted by Gasteiger charge is 2.49. The van der Waals surface area contributed by atoms with Crippen molar-refractivity contribution in [1.82, 2.24) is 5.32 Å². The van der Waals surface area contributed by atoms with Gasteiger partial charge in [0.25, 0.3) is 0 Å². The first kappa shape index (κ1) is 11.4. The SMILES string of the molecule is COC(=O)[C@]1(OC)CCNC[C@H]1OC. The monoisotopic (exact) mass is 203 g/mol. The molecule has 0 radical (unpaired) electrons. The first-order valence-corrected chi connectivity index (χ1v) is 4.58. The third-order valence-corrected chi connectivity index (χ3v) is 2.70. The third kappa shape index (κ3) is 1.75. The van der Waals surface area contributed by atoms with Gasteiger partial charge in [-0.3, -0.25) is 0 Å². The van der Waals surface area contributed by atoms with Gasteiger partial charge in [-0.15, -0.1) is 0 Å². The highest BCUT2D eigenvalue weighted by molar-refractivity contribution is 5.80. The highest BCUT2D eigenvalue weighted by atomic mass is 16.6. The van der Waals surface area contributed by atoms with Crippen LogP contribution in [0.15, 0.2) is 0 Å². The maximum absolute atomic E-state index is 11.6. The van der Waals surface area contributed by atoms with E-state index in [1.54, 1.807) is 7.11 Å². The molecule has 5 nitrogen and oxygen atoms in total. The zero-order chi connectivity index (χ0) is 10.6. The number of hydrogen-bond donors (Lipinski definition) is 1. The van der Waals surface area contributed by atoms with E-state index in [0.29, 0.717) is 13.0 Å². The van der Waals surface area contributed by atoms with Crippen molar-refractivity contribution in [3.8, 4) is 0 Å². The summed E-state index contributed by atoms with van der Waals surface area (Å²) in [7, 11) is 4.43. The molecule has 0 aliphatic carbocycles. The van der Waals surface area contributed by atoms with Crippen LogP contribution in [0, 0.1) is 0 Å². The molecule has 82 valence electrons. The quantitative estimate of drug-likeness (QED) is 0.630. The van der Waals surface area contributed by atoms with Gasteiger partial charge in [-0.1, -0.05) is 0 Å². The summed E-state index contributed by atoms with van der Waals surface area (Å²) in [6, 6.07) is 0. The van der Waals surface area contributed by atoms with Gasteiger partial charge < -0.3 is 19.5 Å². The lowest BCUT2D eigenvalue weighted by atomic mass is 9.89. The van der Waals surface area contributed by atoms with Gasteiger partial charge in [0.2, 0.25) is 0 Å². The lowest BCUT2D eigenvalue weighted by Gasteiger charge is -2.39. The number of ether oxygens (including phenoxy) is 3. The Morgan fingerprint density at radius 2 is 2.14 bits per heavy atom. The molecule has 0 bridgehead atoms.